The Balaban J connectivity index is 1.37. The van der Waals surface area contributed by atoms with Gasteiger partial charge in [-0.15, -0.1) is 0 Å². The van der Waals surface area contributed by atoms with Gasteiger partial charge in [0.25, 0.3) is 0 Å². The number of fused-ring (bicyclic) bond motifs is 1. The van der Waals surface area contributed by atoms with Gasteiger partial charge in [-0.3, -0.25) is 4.79 Å². The molecule has 3 amide bonds. The molecule has 1 fully saturated rings. The van der Waals surface area contributed by atoms with Crippen LogP contribution >= 0.6 is 0 Å². The van der Waals surface area contributed by atoms with E-state index >= 15 is 0 Å². The lowest BCUT2D eigenvalue weighted by Crippen LogP contribution is -2.46. The zero-order valence-corrected chi connectivity index (χ0v) is 15.7. The van der Waals surface area contributed by atoms with Crippen LogP contribution in [0.3, 0.4) is 0 Å². The molecule has 0 aromatic heterocycles. The smallest absolute Gasteiger partial charge is 0.317 e. The Labute approximate surface area is 159 Å². The molecule has 0 unspecified atom stereocenters. The van der Waals surface area contributed by atoms with E-state index in [0.717, 1.165) is 17.7 Å². The van der Waals surface area contributed by atoms with Gasteiger partial charge in [-0.1, -0.05) is 6.07 Å². The fourth-order valence-electron chi connectivity index (χ4n) is 3.26. The Kier molecular flexibility index (Phi) is 6.75. The summed E-state index contributed by atoms with van der Waals surface area (Å²) in [6, 6.07) is 5.53. The molecule has 2 aliphatic rings. The third kappa shape index (κ3) is 5.26. The van der Waals surface area contributed by atoms with Gasteiger partial charge in [0.1, 0.15) is 0 Å². The van der Waals surface area contributed by atoms with Crippen molar-refractivity contribution in [2.75, 3.05) is 40.1 Å². The first-order chi connectivity index (χ1) is 13.2. The average Bonchev–Trinajstić information content (AvgIpc) is 3.17. The summed E-state index contributed by atoms with van der Waals surface area (Å²) in [7, 11) is 1.65. The topological polar surface area (TPSA) is 89.1 Å². The van der Waals surface area contributed by atoms with E-state index in [9.17, 15) is 9.59 Å². The normalized spacial score (nSPS) is 16.3. The first kappa shape index (κ1) is 19.3. The molecule has 8 heteroatoms. The standard InChI is InChI=1S/C19H27N3O5/c1-25-10-2-7-20-18(23)15-5-8-22(9-6-15)19(24)21-12-14-3-4-16-17(11-14)27-13-26-16/h3-4,11,15H,2,5-10,12-13H2,1H3,(H,20,23)(H,21,24). The number of amides is 3. The highest BCUT2D eigenvalue weighted by Gasteiger charge is 2.27. The average molecular weight is 377 g/mol. The summed E-state index contributed by atoms with van der Waals surface area (Å²) in [5.41, 5.74) is 0.956. The van der Waals surface area contributed by atoms with Gasteiger partial charge in [-0.2, -0.15) is 0 Å². The first-order valence-electron chi connectivity index (χ1n) is 9.35. The van der Waals surface area contributed by atoms with Crippen LogP contribution in [-0.2, 0) is 16.1 Å². The lowest BCUT2D eigenvalue weighted by Gasteiger charge is -2.31. The van der Waals surface area contributed by atoms with Crippen molar-refractivity contribution in [1.29, 1.82) is 0 Å². The van der Waals surface area contributed by atoms with Gasteiger partial charge in [0.05, 0.1) is 0 Å². The predicted octanol–water partition coefficient (Wildman–Crippen LogP) is 1.49. The highest BCUT2D eigenvalue weighted by atomic mass is 16.7. The largest absolute Gasteiger partial charge is 0.454 e. The number of hydrogen-bond acceptors (Lipinski definition) is 5. The van der Waals surface area contributed by atoms with Gasteiger partial charge in [0.2, 0.25) is 12.7 Å². The monoisotopic (exact) mass is 377 g/mol. The van der Waals surface area contributed by atoms with Crippen molar-refractivity contribution in [1.82, 2.24) is 15.5 Å². The zero-order valence-electron chi connectivity index (χ0n) is 15.7. The zero-order chi connectivity index (χ0) is 19.1. The molecule has 2 heterocycles. The second kappa shape index (κ2) is 9.45. The molecule has 0 saturated carbocycles. The number of nitrogens with zero attached hydrogens (tertiary/aromatic N) is 1. The number of likely N-dealkylation sites (tertiary alicyclic amines) is 1. The van der Waals surface area contributed by atoms with Crippen molar-refractivity contribution in [3.63, 3.8) is 0 Å². The second-order valence-corrected chi connectivity index (χ2v) is 6.75. The van der Waals surface area contributed by atoms with Crippen molar-refractivity contribution < 1.29 is 23.8 Å². The molecule has 1 aromatic rings. The Hall–Kier alpha value is -2.48. The van der Waals surface area contributed by atoms with E-state index < -0.39 is 0 Å². The maximum absolute atomic E-state index is 12.4. The molecule has 27 heavy (non-hydrogen) atoms. The van der Waals surface area contributed by atoms with E-state index in [1.54, 1.807) is 12.0 Å². The number of benzene rings is 1. The molecule has 1 aromatic carbocycles. The number of rotatable bonds is 7. The Morgan fingerprint density at radius 2 is 1.96 bits per heavy atom. The molecule has 0 atom stereocenters. The number of hydrogen-bond donors (Lipinski definition) is 2. The minimum atomic E-state index is -0.105. The summed E-state index contributed by atoms with van der Waals surface area (Å²) >= 11 is 0. The van der Waals surface area contributed by atoms with Crippen LogP contribution in [-0.4, -0.2) is 57.0 Å². The second-order valence-electron chi connectivity index (χ2n) is 6.75. The quantitative estimate of drug-likeness (QED) is 0.703. The highest BCUT2D eigenvalue weighted by Crippen LogP contribution is 2.32. The molecule has 0 bridgehead atoms. The van der Waals surface area contributed by atoms with Crippen LogP contribution in [0.25, 0.3) is 0 Å². The molecule has 3 rings (SSSR count). The van der Waals surface area contributed by atoms with Gasteiger partial charge < -0.3 is 29.7 Å². The van der Waals surface area contributed by atoms with Crippen molar-refractivity contribution in [3.8, 4) is 11.5 Å². The number of ether oxygens (including phenoxy) is 3. The van der Waals surface area contributed by atoms with Crippen LogP contribution in [0.4, 0.5) is 4.79 Å². The first-order valence-corrected chi connectivity index (χ1v) is 9.35. The third-order valence-corrected chi connectivity index (χ3v) is 4.86. The van der Waals surface area contributed by atoms with Gasteiger partial charge in [-0.05, 0) is 37.0 Å². The van der Waals surface area contributed by atoms with E-state index in [1.165, 1.54) is 0 Å². The van der Waals surface area contributed by atoms with Crippen molar-refractivity contribution in [3.05, 3.63) is 23.8 Å². The molecule has 0 radical (unpaired) electrons. The molecule has 8 nitrogen and oxygen atoms in total. The summed E-state index contributed by atoms with van der Waals surface area (Å²) in [6.45, 7) is 3.10. The van der Waals surface area contributed by atoms with E-state index in [-0.39, 0.29) is 24.6 Å². The fraction of sp³-hybridized carbons (Fsp3) is 0.579. The Morgan fingerprint density at radius 3 is 2.74 bits per heavy atom. The van der Waals surface area contributed by atoms with Crippen molar-refractivity contribution in [2.24, 2.45) is 5.92 Å². The Morgan fingerprint density at radius 1 is 1.19 bits per heavy atom. The van der Waals surface area contributed by atoms with Gasteiger partial charge in [-0.25, -0.2) is 4.79 Å². The van der Waals surface area contributed by atoms with E-state index in [4.69, 9.17) is 14.2 Å². The molecular weight excluding hydrogens is 350 g/mol. The van der Waals surface area contributed by atoms with Gasteiger partial charge in [0, 0.05) is 45.8 Å². The number of piperidine rings is 1. The number of carbonyl (C=O) groups excluding carboxylic acids is 2. The molecule has 2 aliphatic heterocycles. The molecule has 2 N–H and O–H groups in total. The summed E-state index contributed by atoms with van der Waals surface area (Å²) in [5.74, 6) is 1.49. The van der Waals surface area contributed by atoms with Crippen LogP contribution < -0.4 is 20.1 Å². The summed E-state index contributed by atoms with van der Waals surface area (Å²) < 4.78 is 15.6. The van der Waals surface area contributed by atoms with Gasteiger partial charge in [0.15, 0.2) is 11.5 Å². The predicted molar refractivity (Wildman–Crippen MR) is 98.6 cm³/mol. The number of carbonyl (C=O) groups is 2. The van der Waals surface area contributed by atoms with Crippen LogP contribution in [0.1, 0.15) is 24.8 Å². The van der Waals surface area contributed by atoms with Crippen LogP contribution in [0.2, 0.25) is 0 Å². The van der Waals surface area contributed by atoms with Crippen LogP contribution in [0.5, 0.6) is 11.5 Å². The van der Waals surface area contributed by atoms with E-state index in [2.05, 4.69) is 10.6 Å². The minimum absolute atomic E-state index is 0.0227. The van der Waals surface area contributed by atoms with E-state index in [1.807, 2.05) is 18.2 Å². The summed E-state index contributed by atoms with van der Waals surface area (Å²) in [6.07, 6.45) is 2.18. The number of methoxy groups -OCH3 is 1. The molecule has 0 aliphatic carbocycles. The van der Waals surface area contributed by atoms with Crippen molar-refractivity contribution in [2.45, 2.75) is 25.8 Å². The highest BCUT2D eigenvalue weighted by molar-refractivity contribution is 5.79. The number of nitrogens with one attached hydrogen (secondary N) is 2. The molecule has 0 spiro atoms. The maximum Gasteiger partial charge on any atom is 0.317 e. The number of urea groups is 1. The third-order valence-electron chi connectivity index (χ3n) is 4.86. The SMILES string of the molecule is COCCCNC(=O)C1CCN(C(=O)NCc2ccc3c(c2)OCO3)CC1. The van der Waals surface area contributed by atoms with Gasteiger partial charge >= 0.3 is 6.03 Å². The molecule has 148 valence electrons. The molecule has 1 saturated heterocycles. The lowest BCUT2D eigenvalue weighted by atomic mass is 9.96. The van der Waals surface area contributed by atoms with Crippen LogP contribution in [0.15, 0.2) is 18.2 Å². The fourth-order valence-corrected chi connectivity index (χ4v) is 3.26. The van der Waals surface area contributed by atoms with Crippen molar-refractivity contribution >= 4 is 11.9 Å². The lowest BCUT2D eigenvalue weighted by molar-refractivity contribution is -0.126. The summed E-state index contributed by atoms with van der Waals surface area (Å²) in [5, 5.41) is 5.87. The minimum Gasteiger partial charge on any atom is -0.454 e. The van der Waals surface area contributed by atoms with Crippen LogP contribution in [0, 0.1) is 5.92 Å². The summed E-state index contributed by atoms with van der Waals surface area (Å²) in [4.78, 5) is 26.3. The van der Waals surface area contributed by atoms with E-state index in [0.29, 0.717) is 51.4 Å². The Bertz CT molecular complexity index is 659. The molecular formula is C19H27N3O5. The maximum atomic E-state index is 12.4.